The van der Waals surface area contributed by atoms with Gasteiger partial charge in [0.1, 0.15) is 11.5 Å². The summed E-state index contributed by atoms with van der Waals surface area (Å²) in [4.78, 5) is 38.0. The van der Waals surface area contributed by atoms with Crippen molar-refractivity contribution in [1.82, 2.24) is 10.2 Å². The van der Waals surface area contributed by atoms with Gasteiger partial charge in [-0.25, -0.2) is 0 Å². The average Bonchev–Trinajstić information content (AvgIpc) is 3.09. The molecule has 0 spiro atoms. The molecule has 1 heterocycles. The van der Waals surface area contributed by atoms with Gasteiger partial charge in [-0.1, -0.05) is 12.8 Å². The number of likely N-dealkylation sites (tertiary alicyclic amines) is 1. The van der Waals surface area contributed by atoms with Crippen molar-refractivity contribution in [2.45, 2.75) is 51.5 Å². The van der Waals surface area contributed by atoms with Gasteiger partial charge >= 0.3 is 5.97 Å². The van der Waals surface area contributed by atoms with Crippen molar-refractivity contribution < 1.29 is 24.2 Å². The minimum Gasteiger partial charge on any atom is -0.481 e. The molecule has 1 aliphatic heterocycles. The number of amides is 2. The highest BCUT2D eigenvalue weighted by molar-refractivity contribution is 5.89. The van der Waals surface area contributed by atoms with Crippen molar-refractivity contribution >= 4 is 17.8 Å². The monoisotopic (exact) mass is 340 g/mol. The Morgan fingerprint density at radius 3 is 2.54 bits per heavy atom. The van der Waals surface area contributed by atoms with Crippen LogP contribution in [0, 0.1) is 11.3 Å². The second-order valence-corrected chi connectivity index (χ2v) is 7.09. The Morgan fingerprint density at radius 2 is 1.96 bits per heavy atom. The molecule has 0 bridgehead atoms. The quantitative estimate of drug-likeness (QED) is 0.753. The van der Waals surface area contributed by atoms with E-state index in [4.69, 9.17) is 4.74 Å². The third-order valence-electron chi connectivity index (χ3n) is 5.22. The molecule has 1 saturated heterocycles. The van der Waals surface area contributed by atoms with Crippen molar-refractivity contribution in [3.63, 3.8) is 0 Å². The van der Waals surface area contributed by atoms with E-state index in [0.717, 1.165) is 25.7 Å². The maximum absolute atomic E-state index is 12.6. The van der Waals surface area contributed by atoms with Crippen LogP contribution in [-0.4, -0.2) is 60.6 Å². The SMILES string of the molecule is COCC1(C(=O)O)CCCN(C(=O)C(C)NC(=O)C2CCCC2)C1. The normalized spacial score (nSPS) is 26.2. The fourth-order valence-electron chi connectivity index (χ4n) is 3.81. The van der Waals surface area contributed by atoms with E-state index in [1.807, 2.05) is 0 Å². The van der Waals surface area contributed by atoms with Crippen LogP contribution in [0.25, 0.3) is 0 Å². The molecule has 2 N–H and O–H groups in total. The lowest BCUT2D eigenvalue weighted by atomic mass is 9.80. The Labute approximate surface area is 142 Å². The van der Waals surface area contributed by atoms with Crippen LogP contribution >= 0.6 is 0 Å². The van der Waals surface area contributed by atoms with Gasteiger partial charge in [-0.05, 0) is 32.6 Å². The first-order valence-electron chi connectivity index (χ1n) is 8.71. The number of piperidine rings is 1. The summed E-state index contributed by atoms with van der Waals surface area (Å²) >= 11 is 0. The molecule has 2 unspecified atom stereocenters. The zero-order chi connectivity index (χ0) is 17.7. The summed E-state index contributed by atoms with van der Waals surface area (Å²) in [6.45, 7) is 2.39. The first kappa shape index (κ1) is 18.7. The molecule has 0 radical (unpaired) electrons. The van der Waals surface area contributed by atoms with Crippen LogP contribution in [0.1, 0.15) is 45.4 Å². The number of nitrogens with one attached hydrogen (secondary N) is 1. The summed E-state index contributed by atoms with van der Waals surface area (Å²) < 4.78 is 5.08. The number of carbonyl (C=O) groups excluding carboxylic acids is 2. The zero-order valence-corrected chi connectivity index (χ0v) is 14.5. The third-order valence-corrected chi connectivity index (χ3v) is 5.22. The highest BCUT2D eigenvalue weighted by Gasteiger charge is 2.44. The highest BCUT2D eigenvalue weighted by atomic mass is 16.5. The van der Waals surface area contributed by atoms with Crippen molar-refractivity contribution in [1.29, 1.82) is 0 Å². The van der Waals surface area contributed by atoms with E-state index in [-0.39, 0.29) is 30.9 Å². The smallest absolute Gasteiger partial charge is 0.313 e. The van der Waals surface area contributed by atoms with Crippen LogP contribution in [0.4, 0.5) is 0 Å². The molecular weight excluding hydrogens is 312 g/mol. The van der Waals surface area contributed by atoms with Crippen molar-refractivity contribution in [3.8, 4) is 0 Å². The van der Waals surface area contributed by atoms with Gasteiger partial charge in [-0.15, -0.1) is 0 Å². The molecule has 2 aliphatic rings. The second-order valence-electron chi connectivity index (χ2n) is 7.09. The van der Waals surface area contributed by atoms with Crippen LogP contribution in [-0.2, 0) is 19.1 Å². The average molecular weight is 340 g/mol. The van der Waals surface area contributed by atoms with E-state index in [9.17, 15) is 19.5 Å². The first-order valence-corrected chi connectivity index (χ1v) is 8.71. The molecule has 24 heavy (non-hydrogen) atoms. The van der Waals surface area contributed by atoms with Crippen LogP contribution in [0.2, 0.25) is 0 Å². The maximum atomic E-state index is 12.6. The highest BCUT2D eigenvalue weighted by Crippen LogP contribution is 2.31. The summed E-state index contributed by atoms with van der Waals surface area (Å²) in [7, 11) is 1.47. The minimum atomic E-state index is -1.06. The lowest BCUT2D eigenvalue weighted by Crippen LogP contribution is -2.56. The number of aliphatic carboxylic acids is 1. The van der Waals surface area contributed by atoms with Gasteiger partial charge in [0, 0.05) is 26.1 Å². The number of rotatable bonds is 6. The van der Waals surface area contributed by atoms with Gasteiger partial charge < -0.3 is 20.1 Å². The molecule has 1 saturated carbocycles. The van der Waals surface area contributed by atoms with Crippen LogP contribution in [0.3, 0.4) is 0 Å². The van der Waals surface area contributed by atoms with E-state index in [1.165, 1.54) is 7.11 Å². The predicted octanol–water partition coefficient (Wildman–Crippen LogP) is 1.02. The number of hydrogen-bond acceptors (Lipinski definition) is 4. The van der Waals surface area contributed by atoms with Gasteiger partial charge in [-0.3, -0.25) is 14.4 Å². The fraction of sp³-hybridized carbons (Fsp3) is 0.824. The van der Waals surface area contributed by atoms with E-state index in [1.54, 1.807) is 11.8 Å². The number of carboxylic acid groups (broad SMARTS) is 1. The standard InChI is InChI=1S/C17H28N2O5/c1-12(18-14(20)13-6-3-4-7-13)15(21)19-9-5-8-17(10-19,11-24-2)16(22)23/h12-13H,3-11H2,1-2H3,(H,18,20)(H,22,23). The lowest BCUT2D eigenvalue weighted by molar-refractivity contribution is -0.159. The van der Waals surface area contributed by atoms with E-state index < -0.39 is 17.4 Å². The third kappa shape index (κ3) is 4.06. The largest absolute Gasteiger partial charge is 0.481 e. The Kier molecular flexibility index (Phi) is 6.21. The van der Waals surface area contributed by atoms with Gasteiger partial charge in [0.25, 0.3) is 0 Å². The molecule has 0 aromatic carbocycles. The maximum Gasteiger partial charge on any atom is 0.313 e. The Morgan fingerprint density at radius 1 is 1.29 bits per heavy atom. The molecular formula is C17H28N2O5. The summed E-state index contributed by atoms with van der Waals surface area (Å²) in [5, 5.41) is 12.4. The van der Waals surface area contributed by atoms with Crippen LogP contribution in [0.15, 0.2) is 0 Å². The number of hydrogen-bond donors (Lipinski definition) is 2. The van der Waals surface area contributed by atoms with Crippen molar-refractivity contribution in [2.75, 3.05) is 26.8 Å². The fourth-order valence-corrected chi connectivity index (χ4v) is 3.81. The molecule has 0 aromatic heterocycles. The van der Waals surface area contributed by atoms with Gasteiger partial charge in [0.05, 0.1) is 6.61 Å². The molecule has 2 amide bonds. The topological polar surface area (TPSA) is 95.9 Å². The zero-order valence-electron chi connectivity index (χ0n) is 14.5. The molecule has 7 nitrogen and oxygen atoms in total. The Bertz CT molecular complexity index is 485. The molecule has 2 atom stereocenters. The van der Waals surface area contributed by atoms with E-state index in [0.29, 0.717) is 19.4 Å². The summed E-state index contributed by atoms with van der Waals surface area (Å²) in [5.41, 5.74) is -1.06. The van der Waals surface area contributed by atoms with Gasteiger partial charge in [0.2, 0.25) is 11.8 Å². The molecule has 7 heteroatoms. The molecule has 136 valence electrons. The van der Waals surface area contributed by atoms with Gasteiger partial charge in [0.15, 0.2) is 0 Å². The first-order chi connectivity index (χ1) is 11.4. The summed E-state index contributed by atoms with van der Waals surface area (Å²) in [6, 6.07) is -0.634. The Balaban J connectivity index is 1.97. The molecule has 1 aliphatic carbocycles. The van der Waals surface area contributed by atoms with Gasteiger partial charge in [-0.2, -0.15) is 0 Å². The number of nitrogens with zero attached hydrogens (tertiary/aromatic N) is 1. The van der Waals surface area contributed by atoms with Crippen LogP contribution < -0.4 is 5.32 Å². The van der Waals surface area contributed by atoms with E-state index in [2.05, 4.69) is 5.32 Å². The molecule has 0 aromatic rings. The Hall–Kier alpha value is -1.63. The van der Waals surface area contributed by atoms with E-state index >= 15 is 0 Å². The number of carbonyl (C=O) groups is 3. The van der Waals surface area contributed by atoms with Crippen molar-refractivity contribution in [3.05, 3.63) is 0 Å². The number of carboxylic acids is 1. The predicted molar refractivity (Wildman–Crippen MR) is 87.3 cm³/mol. The van der Waals surface area contributed by atoms with Crippen LogP contribution in [0.5, 0.6) is 0 Å². The molecule has 2 fully saturated rings. The minimum absolute atomic E-state index is 0.00760. The number of ether oxygens (including phenoxy) is 1. The summed E-state index contributed by atoms with van der Waals surface area (Å²) in [5.74, 6) is -1.22. The summed E-state index contributed by atoms with van der Waals surface area (Å²) in [6.07, 6.45) is 4.99. The molecule has 2 rings (SSSR count). The van der Waals surface area contributed by atoms with Crippen molar-refractivity contribution in [2.24, 2.45) is 11.3 Å². The number of methoxy groups -OCH3 is 1. The second kappa shape index (κ2) is 7.96. The lowest BCUT2D eigenvalue weighted by Gasteiger charge is -2.40.